The molecule has 1 saturated carbocycles. The second kappa shape index (κ2) is 2.44. The predicted molar refractivity (Wildman–Crippen MR) is 55.0 cm³/mol. The maximum Gasteiger partial charge on any atom is 0.0660 e. The summed E-state index contributed by atoms with van der Waals surface area (Å²) in [6.07, 6.45) is 4.12. The summed E-state index contributed by atoms with van der Waals surface area (Å²) in [6.45, 7) is 3.64. The van der Waals surface area contributed by atoms with E-state index >= 15 is 0 Å². The third kappa shape index (κ3) is 0.846. The van der Waals surface area contributed by atoms with Crippen LogP contribution >= 0.6 is 0 Å². The number of benzene rings is 1. The number of hydrogen-bond donors (Lipinski definition) is 0. The summed E-state index contributed by atoms with van der Waals surface area (Å²) in [5.41, 5.74) is 4.19. The van der Waals surface area contributed by atoms with Crippen LogP contribution in [0.2, 0.25) is 0 Å². The normalized spacial score (nSPS) is 28.9. The highest BCUT2D eigenvalue weighted by molar-refractivity contribution is 5.60. The van der Waals surface area contributed by atoms with Gasteiger partial charge in [0.05, 0.1) is 5.69 Å². The van der Waals surface area contributed by atoms with Gasteiger partial charge < -0.3 is 0 Å². The Balaban J connectivity index is 2.25. The van der Waals surface area contributed by atoms with E-state index < -0.39 is 0 Å². The zero-order chi connectivity index (χ0) is 8.84. The van der Waals surface area contributed by atoms with Crippen LogP contribution in [0.15, 0.2) is 23.2 Å². The number of rotatable bonds is 1. The average Bonchev–Trinajstić information content (AvgIpc) is 2.77. The van der Waals surface area contributed by atoms with Gasteiger partial charge in [0.1, 0.15) is 0 Å². The van der Waals surface area contributed by atoms with Crippen LogP contribution < -0.4 is 0 Å². The van der Waals surface area contributed by atoms with E-state index in [0.717, 1.165) is 17.5 Å². The van der Waals surface area contributed by atoms with Gasteiger partial charge in [0, 0.05) is 0 Å². The fourth-order valence-corrected chi connectivity index (χ4v) is 3.04. The topological polar surface area (TPSA) is 12.4 Å². The lowest BCUT2D eigenvalue weighted by atomic mass is 9.91. The van der Waals surface area contributed by atoms with Gasteiger partial charge in [-0.05, 0) is 55.0 Å². The lowest BCUT2D eigenvalue weighted by molar-refractivity contribution is 0.718. The summed E-state index contributed by atoms with van der Waals surface area (Å²) in [5, 5.41) is 0. The van der Waals surface area contributed by atoms with Gasteiger partial charge in [0.2, 0.25) is 0 Å². The van der Waals surface area contributed by atoms with Crippen LogP contribution in [0.25, 0.3) is 0 Å². The monoisotopic (exact) mass is 171 g/mol. The van der Waals surface area contributed by atoms with E-state index in [4.69, 9.17) is 0 Å². The molecular formula is C12H13N. The minimum Gasteiger partial charge on any atom is -0.264 e. The van der Waals surface area contributed by atoms with Crippen molar-refractivity contribution in [2.75, 3.05) is 0 Å². The molecular weight excluding hydrogens is 158 g/mol. The first-order valence-electron chi connectivity index (χ1n) is 4.99. The van der Waals surface area contributed by atoms with Crippen molar-refractivity contribution in [3.63, 3.8) is 0 Å². The molecule has 66 valence electrons. The summed E-state index contributed by atoms with van der Waals surface area (Å²) in [6, 6.07) is 6.48. The van der Waals surface area contributed by atoms with Gasteiger partial charge in [0.25, 0.3) is 0 Å². The fourth-order valence-electron chi connectivity index (χ4n) is 3.04. The molecule has 0 spiro atoms. The van der Waals surface area contributed by atoms with Gasteiger partial charge in [0.15, 0.2) is 0 Å². The molecule has 1 aromatic rings. The zero-order valence-electron chi connectivity index (χ0n) is 7.66. The molecule has 0 amide bonds. The van der Waals surface area contributed by atoms with E-state index in [1.165, 1.54) is 24.8 Å². The summed E-state index contributed by atoms with van der Waals surface area (Å²) in [4.78, 5) is 4.11. The Hall–Kier alpha value is -1.11. The highest BCUT2D eigenvalue weighted by atomic mass is 14.7. The molecule has 2 aliphatic rings. The maximum absolute atomic E-state index is 4.11. The first-order valence-corrected chi connectivity index (χ1v) is 4.99. The molecule has 0 radical (unpaired) electrons. The van der Waals surface area contributed by atoms with Gasteiger partial charge in [-0.25, -0.2) is 0 Å². The van der Waals surface area contributed by atoms with Crippen LogP contribution in [0.4, 0.5) is 5.69 Å². The minimum absolute atomic E-state index is 0.793. The Morgan fingerprint density at radius 2 is 2.08 bits per heavy atom. The lowest BCUT2D eigenvalue weighted by Crippen LogP contribution is -1.97. The molecule has 1 aromatic carbocycles. The molecule has 3 rings (SSSR count). The van der Waals surface area contributed by atoms with Crippen molar-refractivity contribution in [1.82, 2.24) is 0 Å². The van der Waals surface area contributed by atoms with Crippen LogP contribution in [0.5, 0.6) is 0 Å². The SMILES string of the molecule is C=Nc1cccc2c1C1CCC2C1. The van der Waals surface area contributed by atoms with Gasteiger partial charge in [-0.1, -0.05) is 12.1 Å². The highest BCUT2D eigenvalue weighted by Gasteiger charge is 2.37. The summed E-state index contributed by atoms with van der Waals surface area (Å²) in [5.74, 6) is 1.63. The van der Waals surface area contributed by atoms with Crippen molar-refractivity contribution >= 4 is 12.4 Å². The minimum atomic E-state index is 0.793. The quantitative estimate of drug-likeness (QED) is 0.574. The van der Waals surface area contributed by atoms with Gasteiger partial charge in [-0.15, -0.1) is 0 Å². The van der Waals surface area contributed by atoms with E-state index in [0.29, 0.717) is 0 Å². The molecule has 1 nitrogen and oxygen atoms in total. The van der Waals surface area contributed by atoms with Gasteiger partial charge in [-0.3, -0.25) is 4.99 Å². The van der Waals surface area contributed by atoms with E-state index in [1.807, 2.05) is 0 Å². The maximum atomic E-state index is 4.11. The summed E-state index contributed by atoms with van der Waals surface area (Å²) in [7, 11) is 0. The van der Waals surface area contributed by atoms with E-state index in [1.54, 1.807) is 5.56 Å². The number of hydrogen-bond acceptors (Lipinski definition) is 1. The number of nitrogens with zero attached hydrogens (tertiary/aromatic N) is 1. The highest BCUT2D eigenvalue weighted by Crippen LogP contribution is 2.55. The summed E-state index contributed by atoms with van der Waals surface area (Å²) >= 11 is 0. The standard InChI is InChI=1S/C12H13N/c1-13-11-4-2-3-10-8-5-6-9(7-8)12(10)11/h2-4,8-9H,1,5-7H2. The molecule has 2 atom stereocenters. The largest absolute Gasteiger partial charge is 0.264 e. The Morgan fingerprint density at radius 1 is 1.23 bits per heavy atom. The molecule has 2 aliphatic carbocycles. The first-order chi connectivity index (χ1) is 6.40. The van der Waals surface area contributed by atoms with E-state index in [-0.39, 0.29) is 0 Å². The molecule has 2 unspecified atom stereocenters. The average molecular weight is 171 g/mol. The fraction of sp³-hybridized carbons (Fsp3) is 0.417. The lowest BCUT2D eigenvalue weighted by Gasteiger charge is -2.16. The second-order valence-corrected chi connectivity index (χ2v) is 4.15. The number of aliphatic imine (C=N–C) groups is 1. The van der Waals surface area contributed by atoms with Crippen LogP contribution in [0, 0.1) is 0 Å². The zero-order valence-corrected chi connectivity index (χ0v) is 7.66. The molecule has 0 N–H and O–H groups in total. The molecule has 1 fully saturated rings. The third-order valence-corrected chi connectivity index (χ3v) is 3.57. The number of fused-ring (bicyclic) bond motifs is 5. The van der Waals surface area contributed by atoms with Crippen molar-refractivity contribution in [1.29, 1.82) is 0 Å². The smallest absolute Gasteiger partial charge is 0.0660 e. The van der Waals surface area contributed by atoms with Gasteiger partial charge >= 0.3 is 0 Å². The second-order valence-electron chi connectivity index (χ2n) is 4.15. The Labute approximate surface area is 78.5 Å². The predicted octanol–water partition coefficient (Wildman–Crippen LogP) is 3.38. The van der Waals surface area contributed by atoms with Gasteiger partial charge in [-0.2, -0.15) is 0 Å². The Bertz CT molecular complexity index is 367. The van der Waals surface area contributed by atoms with E-state index in [2.05, 4.69) is 29.9 Å². The molecule has 2 bridgehead atoms. The van der Waals surface area contributed by atoms with E-state index in [9.17, 15) is 0 Å². The van der Waals surface area contributed by atoms with Crippen LogP contribution in [-0.4, -0.2) is 6.72 Å². The molecule has 0 saturated heterocycles. The third-order valence-electron chi connectivity index (χ3n) is 3.57. The van der Waals surface area contributed by atoms with Crippen molar-refractivity contribution in [2.45, 2.75) is 31.1 Å². The van der Waals surface area contributed by atoms with Crippen molar-refractivity contribution in [3.8, 4) is 0 Å². The molecule has 1 heteroatoms. The van der Waals surface area contributed by atoms with Crippen LogP contribution in [0.3, 0.4) is 0 Å². The molecule has 0 aromatic heterocycles. The Kier molecular flexibility index (Phi) is 1.37. The molecule has 13 heavy (non-hydrogen) atoms. The summed E-state index contributed by atoms with van der Waals surface area (Å²) < 4.78 is 0. The van der Waals surface area contributed by atoms with Crippen molar-refractivity contribution < 1.29 is 0 Å². The van der Waals surface area contributed by atoms with Crippen LogP contribution in [0.1, 0.15) is 42.2 Å². The Morgan fingerprint density at radius 3 is 2.92 bits per heavy atom. The molecule has 0 heterocycles. The molecule has 0 aliphatic heterocycles. The first kappa shape index (κ1) is 7.31. The van der Waals surface area contributed by atoms with Crippen molar-refractivity contribution in [3.05, 3.63) is 29.3 Å². The van der Waals surface area contributed by atoms with Crippen molar-refractivity contribution in [2.24, 2.45) is 4.99 Å². The van der Waals surface area contributed by atoms with Crippen LogP contribution in [-0.2, 0) is 0 Å².